The summed E-state index contributed by atoms with van der Waals surface area (Å²) in [5.41, 5.74) is 4.58. The minimum Gasteiger partial charge on any atom is -0.361 e. The normalized spacial score (nSPS) is 14.5. The Kier molecular flexibility index (Phi) is 3.90. The maximum Gasteiger partial charge on any atom is 0.323 e. The lowest BCUT2D eigenvalue weighted by Gasteiger charge is -2.26. The number of H-pyrrole nitrogens is 1. The summed E-state index contributed by atoms with van der Waals surface area (Å²) >= 11 is 1.50. The third-order valence-electron chi connectivity index (χ3n) is 4.94. The van der Waals surface area contributed by atoms with Crippen LogP contribution in [0.3, 0.4) is 0 Å². The number of carbonyl (C=O) groups excluding carboxylic acids is 1. The van der Waals surface area contributed by atoms with Crippen LogP contribution in [-0.2, 0) is 0 Å². The Labute approximate surface area is 160 Å². The van der Waals surface area contributed by atoms with Crippen molar-refractivity contribution in [3.8, 4) is 0 Å². The van der Waals surface area contributed by atoms with Crippen LogP contribution in [0, 0.1) is 0 Å². The van der Waals surface area contributed by atoms with E-state index in [4.69, 9.17) is 0 Å². The molecule has 3 heterocycles. The first-order valence-corrected chi connectivity index (χ1v) is 9.76. The number of amides is 2. The second-order valence-corrected chi connectivity index (χ2v) is 7.62. The van der Waals surface area contributed by atoms with Gasteiger partial charge in [-0.25, -0.2) is 9.78 Å². The summed E-state index contributed by atoms with van der Waals surface area (Å²) in [5, 5.41) is 4.82. The van der Waals surface area contributed by atoms with Gasteiger partial charge in [0.05, 0.1) is 10.2 Å². The standard InChI is InChI=1S/C21H18N4OS/c26-21(24-20-23-18-7-3-4-8-19(18)27-20)25-11-9-14(10-12-25)16-13-22-17-6-2-1-5-15(16)17/h1-9,13,22H,10-12H2,(H,23,24,26). The summed E-state index contributed by atoms with van der Waals surface area (Å²) in [5.74, 6) is 0. The van der Waals surface area contributed by atoms with Gasteiger partial charge in [-0.15, -0.1) is 0 Å². The van der Waals surface area contributed by atoms with Crippen LogP contribution >= 0.6 is 11.3 Å². The number of thiazole rings is 1. The second-order valence-electron chi connectivity index (χ2n) is 6.59. The zero-order valence-electron chi connectivity index (χ0n) is 14.6. The van der Waals surface area contributed by atoms with Crippen LogP contribution in [0.15, 0.2) is 60.8 Å². The van der Waals surface area contributed by atoms with Crippen LogP contribution < -0.4 is 5.32 Å². The molecule has 6 heteroatoms. The monoisotopic (exact) mass is 374 g/mol. The van der Waals surface area contributed by atoms with Gasteiger partial charge in [-0.2, -0.15) is 0 Å². The molecule has 0 atom stereocenters. The van der Waals surface area contributed by atoms with E-state index in [1.165, 1.54) is 27.9 Å². The highest BCUT2D eigenvalue weighted by Crippen LogP contribution is 2.30. The average Bonchev–Trinajstić information content (AvgIpc) is 3.31. The number of carbonyl (C=O) groups is 1. The van der Waals surface area contributed by atoms with E-state index in [0.29, 0.717) is 18.2 Å². The molecule has 5 nitrogen and oxygen atoms in total. The molecule has 0 aliphatic carbocycles. The number of benzene rings is 2. The smallest absolute Gasteiger partial charge is 0.323 e. The molecule has 2 aromatic carbocycles. The molecule has 27 heavy (non-hydrogen) atoms. The van der Waals surface area contributed by atoms with Crippen LogP contribution in [0.25, 0.3) is 26.7 Å². The van der Waals surface area contributed by atoms with Crippen molar-refractivity contribution in [2.45, 2.75) is 6.42 Å². The molecule has 0 bridgehead atoms. The van der Waals surface area contributed by atoms with Crippen LogP contribution in [-0.4, -0.2) is 34.0 Å². The molecule has 0 unspecified atom stereocenters. The van der Waals surface area contributed by atoms with Crippen LogP contribution in [0.4, 0.5) is 9.93 Å². The molecule has 0 radical (unpaired) electrons. The summed E-state index contributed by atoms with van der Waals surface area (Å²) in [7, 11) is 0. The minimum atomic E-state index is -0.0942. The Bertz CT molecular complexity index is 1140. The van der Waals surface area contributed by atoms with Crippen molar-refractivity contribution in [1.82, 2.24) is 14.9 Å². The fourth-order valence-corrected chi connectivity index (χ4v) is 4.39. The highest BCUT2D eigenvalue weighted by atomic mass is 32.1. The number of aromatic amines is 1. The molecule has 0 fully saturated rings. The lowest BCUT2D eigenvalue weighted by molar-refractivity contribution is 0.217. The van der Waals surface area contributed by atoms with Crippen LogP contribution in [0.1, 0.15) is 12.0 Å². The Morgan fingerprint density at radius 2 is 2.00 bits per heavy atom. The lowest BCUT2D eigenvalue weighted by Crippen LogP contribution is -2.37. The highest BCUT2D eigenvalue weighted by Gasteiger charge is 2.20. The molecular formula is C21H18N4OS. The van der Waals surface area contributed by atoms with Gasteiger partial charge in [0.2, 0.25) is 0 Å². The molecule has 0 saturated heterocycles. The Balaban J connectivity index is 1.31. The van der Waals surface area contributed by atoms with Gasteiger partial charge in [-0.3, -0.25) is 5.32 Å². The molecule has 1 aliphatic heterocycles. The number of nitrogens with zero attached hydrogens (tertiary/aromatic N) is 2. The van der Waals surface area contributed by atoms with Crippen LogP contribution in [0.2, 0.25) is 0 Å². The van der Waals surface area contributed by atoms with Gasteiger partial charge in [0.25, 0.3) is 0 Å². The summed E-state index contributed by atoms with van der Waals surface area (Å²) in [6.45, 7) is 1.30. The third-order valence-corrected chi connectivity index (χ3v) is 5.89. The lowest BCUT2D eigenvalue weighted by atomic mass is 9.99. The minimum absolute atomic E-state index is 0.0942. The molecule has 134 valence electrons. The fourth-order valence-electron chi connectivity index (χ4n) is 3.53. The van der Waals surface area contributed by atoms with E-state index in [9.17, 15) is 4.79 Å². The Morgan fingerprint density at radius 3 is 2.85 bits per heavy atom. The molecule has 1 aliphatic rings. The molecule has 0 saturated carbocycles. The predicted molar refractivity (Wildman–Crippen MR) is 111 cm³/mol. The van der Waals surface area contributed by atoms with Gasteiger partial charge >= 0.3 is 6.03 Å². The van der Waals surface area contributed by atoms with Crippen molar-refractivity contribution in [2.24, 2.45) is 0 Å². The number of hydrogen-bond acceptors (Lipinski definition) is 3. The number of rotatable bonds is 2. The largest absolute Gasteiger partial charge is 0.361 e. The maximum atomic E-state index is 12.6. The van der Waals surface area contributed by atoms with Crippen molar-refractivity contribution in [2.75, 3.05) is 18.4 Å². The van der Waals surface area contributed by atoms with Gasteiger partial charge < -0.3 is 9.88 Å². The first-order valence-electron chi connectivity index (χ1n) is 8.95. The number of fused-ring (bicyclic) bond motifs is 2. The van der Waals surface area contributed by atoms with Crippen molar-refractivity contribution < 1.29 is 4.79 Å². The zero-order valence-corrected chi connectivity index (χ0v) is 15.4. The topological polar surface area (TPSA) is 61.0 Å². The molecule has 2 aromatic heterocycles. The van der Waals surface area contributed by atoms with Crippen LogP contribution in [0.5, 0.6) is 0 Å². The van der Waals surface area contributed by atoms with Gasteiger partial charge in [-0.05, 0) is 30.2 Å². The number of nitrogens with one attached hydrogen (secondary N) is 2. The van der Waals surface area contributed by atoms with Gasteiger partial charge in [0.15, 0.2) is 5.13 Å². The summed E-state index contributed by atoms with van der Waals surface area (Å²) < 4.78 is 1.08. The SMILES string of the molecule is O=C(Nc1nc2ccccc2s1)N1CC=C(c2c[nH]c3ccccc23)CC1. The van der Waals surface area contributed by atoms with Gasteiger partial charge in [0, 0.05) is 35.8 Å². The molecule has 2 N–H and O–H groups in total. The van der Waals surface area contributed by atoms with Gasteiger partial charge in [0.1, 0.15) is 0 Å². The van der Waals surface area contributed by atoms with E-state index in [-0.39, 0.29) is 6.03 Å². The third kappa shape index (κ3) is 2.98. The molecule has 4 aromatic rings. The first-order chi connectivity index (χ1) is 13.3. The average molecular weight is 374 g/mol. The maximum absolute atomic E-state index is 12.6. The Hall–Kier alpha value is -3.12. The van der Waals surface area contributed by atoms with E-state index >= 15 is 0 Å². The quantitative estimate of drug-likeness (QED) is 0.513. The zero-order chi connectivity index (χ0) is 18.2. The molecular weight excluding hydrogens is 356 g/mol. The van der Waals surface area contributed by atoms with E-state index in [2.05, 4.69) is 45.8 Å². The first kappa shape index (κ1) is 16.1. The van der Waals surface area contributed by atoms with Crippen molar-refractivity contribution >= 4 is 49.2 Å². The number of aromatic nitrogens is 2. The number of anilines is 1. The molecule has 2 amide bonds. The number of hydrogen-bond donors (Lipinski definition) is 2. The predicted octanol–water partition coefficient (Wildman–Crippen LogP) is 5.10. The molecule has 5 rings (SSSR count). The number of para-hydroxylation sites is 2. The summed E-state index contributed by atoms with van der Waals surface area (Å²) in [6, 6.07) is 16.1. The fraction of sp³-hybridized carbons (Fsp3) is 0.143. The van der Waals surface area contributed by atoms with Gasteiger partial charge in [-0.1, -0.05) is 47.7 Å². The number of urea groups is 1. The highest BCUT2D eigenvalue weighted by molar-refractivity contribution is 7.22. The Morgan fingerprint density at radius 1 is 1.15 bits per heavy atom. The van der Waals surface area contributed by atoms with Crippen molar-refractivity contribution in [1.29, 1.82) is 0 Å². The van der Waals surface area contributed by atoms with Crippen molar-refractivity contribution in [3.63, 3.8) is 0 Å². The van der Waals surface area contributed by atoms with Crippen molar-refractivity contribution in [3.05, 3.63) is 66.4 Å². The molecule has 0 spiro atoms. The van der Waals surface area contributed by atoms with E-state index < -0.39 is 0 Å². The second kappa shape index (κ2) is 6.55. The van der Waals surface area contributed by atoms with E-state index in [1.807, 2.05) is 35.2 Å². The van der Waals surface area contributed by atoms with E-state index in [1.54, 1.807) is 0 Å². The summed E-state index contributed by atoms with van der Waals surface area (Å²) in [4.78, 5) is 22.2. The van der Waals surface area contributed by atoms with E-state index in [0.717, 1.165) is 22.2 Å². The summed E-state index contributed by atoms with van der Waals surface area (Å²) in [6.07, 6.45) is 5.06.